The van der Waals surface area contributed by atoms with E-state index in [0.717, 1.165) is 25.7 Å². The minimum atomic E-state index is -0.778. The summed E-state index contributed by atoms with van der Waals surface area (Å²) in [6, 6.07) is 7.19. The molecule has 5 nitrogen and oxygen atoms in total. The Bertz CT molecular complexity index is 607. The van der Waals surface area contributed by atoms with Gasteiger partial charge in [-0.25, -0.2) is 0 Å². The van der Waals surface area contributed by atoms with Gasteiger partial charge in [-0.2, -0.15) is 0 Å². The van der Waals surface area contributed by atoms with Crippen LogP contribution in [0.5, 0.6) is 5.75 Å². The molecule has 1 spiro atoms. The second-order valence-corrected chi connectivity index (χ2v) is 6.58. The van der Waals surface area contributed by atoms with Crippen LogP contribution in [0.1, 0.15) is 43.0 Å². The maximum atomic E-state index is 12.9. The van der Waals surface area contributed by atoms with Crippen molar-refractivity contribution in [3.05, 3.63) is 29.8 Å². The molecule has 0 aromatic heterocycles. The molecular weight excluding hydrogens is 294 g/mol. The Labute approximate surface area is 136 Å². The van der Waals surface area contributed by atoms with Crippen molar-refractivity contribution >= 4 is 11.9 Å². The number of para-hydroxylation sites is 1. The number of carbonyl (C=O) groups is 2. The lowest BCUT2D eigenvalue weighted by atomic mass is 9.76. The van der Waals surface area contributed by atoms with E-state index in [2.05, 4.69) is 0 Å². The Morgan fingerprint density at radius 2 is 2.00 bits per heavy atom. The molecule has 0 radical (unpaired) electrons. The van der Waals surface area contributed by atoms with Crippen molar-refractivity contribution in [2.45, 2.75) is 32.6 Å². The topological polar surface area (TPSA) is 66.8 Å². The van der Waals surface area contributed by atoms with Gasteiger partial charge in [0.1, 0.15) is 5.75 Å². The molecule has 1 saturated heterocycles. The van der Waals surface area contributed by atoms with Crippen LogP contribution in [0.2, 0.25) is 0 Å². The van der Waals surface area contributed by atoms with Gasteiger partial charge < -0.3 is 14.7 Å². The second kappa shape index (κ2) is 6.22. The molecule has 1 aliphatic carbocycles. The first kappa shape index (κ1) is 15.8. The van der Waals surface area contributed by atoms with Crippen molar-refractivity contribution in [3.8, 4) is 5.75 Å². The van der Waals surface area contributed by atoms with E-state index in [1.165, 1.54) is 0 Å². The number of amides is 1. The summed E-state index contributed by atoms with van der Waals surface area (Å²) in [6.45, 7) is 3.22. The molecule has 1 amide bonds. The monoisotopic (exact) mass is 317 g/mol. The van der Waals surface area contributed by atoms with Crippen molar-refractivity contribution < 1.29 is 19.4 Å². The van der Waals surface area contributed by atoms with E-state index >= 15 is 0 Å². The molecule has 3 rings (SSSR count). The summed E-state index contributed by atoms with van der Waals surface area (Å²) in [4.78, 5) is 26.3. The average molecular weight is 317 g/mol. The lowest BCUT2D eigenvalue weighted by molar-refractivity contribution is -0.144. The van der Waals surface area contributed by atoms with Crippen LogP contribution in [0.3, 0.4) is 0 Å². The molecule has 1 unspecified atom stereocenters. The fourth-order valence-corrected chi connectivity index (χ4v) is 4.14. The summed E-state index contributed by atoms with van der Waals surface area (Å²) in [5, 5.41) is 9.59. The van der Waals surface area contributed by atoms with Crippen molar-refractivity contribution in [1.29, 1.82) is 0 Å². The Kier molecular flexibility index (Phi) is 4.28. The molecule has 1 atom stereocenters. The summed E-state index contributed by atoms with van der Waals surface area (Å²) in [7, 11) is 0. The molecule has 1 aromatic carbocycles. The van der Waals surface area contributed by atoms with E-state index in [-0.39, 0.29) is 11.3 Å². The molecule has 1 heterocycles. The third kappa shape index (κ3) is 2.80. The van der Waals surface area contributed by atoms with Crippen LogP contribution in [0.25, 0.3) is 0 Å². The van der Waals surface area contributed by atoms with Crippen LogP contribution in [0.15, 0.2) is 24.3 Å². The fourth-order valence-electron chi connectivity index (χ4n) is 4.14. The fraction of sp³-hybridized carbons (Fsp3) is 0.556. The zero-order chi connectivity index (χ0) is 16.4. The minimum absolute atomic E-state index is 0.121. The molecule has 1 saturated carbocycles. The summed E-state index contributed by atoms with van der Waals surface area (Å²) >= 11 is 0. The molecule has 5 heteroatoms. The Morgan fingerprint density at radius 3 is 2.65 bits per heavy atom. The third-order valence-corrected chi connectivity index (χ3v) is 5.25. The first-order valence-corrected chi connectivity index (χ1v) is 8.31. The quantitative estimate of drug-likeness (QED) is 0.927. The number of carbonyl (C=O) groups excluding carboxylic acids is 1. The molecule has 23 heavy (non-hydrogen) atoms. The van der Waals surface area contributed by atoms with Gasteiger partial charge in [0.15, 0.2) is 0 Å². The Balaban J connectivity index is 1.85. The number of likely N-dealkylation sites (tertiary alicyclic amines) is 1. The number of rotatable bonds is 4. The molecule has 1 aliphatic heterocycles. The highest BCUT2D eigenvalue weighted by Crippen LogP contribution is 2.49. The molecule has 1 N–H and O–H groups in total. The van der Waals surface area contributed by atoms with Crippen molar-refractivity contribution in [2.75, 3.05) is 19.7 Å². The number of carboxylic acids is 1. The number of hydrogen-bond acceptors (Lipinski definition) is 3. The van der Waals surface area contributed by atoms with E-state index < -0.39 is 11.9 Å². The standard InChI is InChI=1S/C18H23NO4/c1-2-23-15-8-4-3-7-13(15)16(20)19-11-14(17(21)22)18(12-19)9-5-6-10-18/h3-4,7-8,14H,2,5-6,9-12H2,1H3,(H,21,22). The molecular formula is C18H23NO4. The van der Waals surface area contributed by atoms with Crippen LogP contribution >= 0.6 is 0 Å². The summed E-state index contributed by atoms with van der Waals surface area (Å²) < 4.78 is 5.55. The maximum Gasteiger partial charge on any atom is 0.308 e. The van der Waals surface area contributed by atoms with E-state index in [1.807, 2.05) is 19.1 Å². The predicted molar refractivity (Wildman–Crippen MR) is 85.5 cm³/mol. The van der Waals surface area contributed by atoms with Crippen molar-refractivity contribution in [1.82, 2.24) is 4.90 Å². The van der Waals surface area contributed by atoms with E-state index in [4.69, 9.17) is 4.74 Å². The van der Waals surface area contributed by atoms with E-state index in [0.29, 0.717) is 31.0 Å². The largest absolute Gasteiger partial charge is 0.493 e. The van der Waals surface area contributed by atoms with Gasteiger partial charge in [-0.05, 0) is 31.9 Å². The van der Waals surface area contributed by atoms with Crippen LogP contribution in [-0.2, 0) is 4.79 Å². The van der Waals surface area contributed by atoms with Crippen molar-refractivity contribution in [3.63, 3.8) is 0 Å². The van der Waals surface area contributed by atoms with Gasteiger partial charge in [-0.1, -0.05) is 25.0 Å². The molecule has 2 aliphatic rings. The summed E-state index contributed by atoms with van der Waals surface area (Å²) in [5.74, 6) is -0.781. The maximum absolute atomic E-state index is 12.9. The highest BCUT2D eigenvalue weighted by Gasteiger charge is 2.52. The minimum Gasteiger partial charge on any atom is -0.493 e. The molecule has 0 bridgehead atoms. The summed E-state index contributed by atoms with van der Waals surface area (Å²) in [5.41, 5.74) is 0.288. The molecule has 124 valence electrons. The van der Waals surface area contributed by atoms with Crippen LogP contribution in [0.4, 0.5) is 0 Å². The average Bonchev–Trinajstić information content (AvgIpc) is 3.16. The first-order chi connectivity index (χ1) is 11.1. The van der Waals surface area contributed by atoms with Crippen LogP contribution in [0, 0.1) is 11.3 Å². The second-order valence-electron chi connectivity index (χ2n) is 6.58. The molecule has 1 aromatic rings. The van der Waals surface area contributed by atoms with Gasteiger partial charge >= 0.3 is 5.97 Å². The summed E-state index contributed by atoms with van der Waals surface area (Å²) in [6.07, 6.45) is 3.92. The van der Waals surface area contributed by atoms with Gasteiger partial charge in [-0.15, -0.1) is 0 Å². The lowest BCUT2D eigenvalue weighted by Gasteiger charge is -2.27. The number of carboxylic acid groups (broad SMARTS) is 1. The van der Waals surface area contributed by atoms with Gasteiger partial charge in [0.05, 0.1) is 18.1 Å². The lowest BCUT2D eigenvalue weighted by Crippen LogP contribution is -2.32. The van der Waals surface area contributed by atoms with Crippen LogP contribution < -0.4 is 4.74 Å². The first-order valence-electron chi connectivity index (χ1n) is 8.31. The third-order valence-electron chi connectivity index (χ3n) is 5.25. The molecule has 2 fully saturated rings. The van der Waals surface area contributed by atoms with Gasteiger partial charge in [0.25, 0.3) is 5.91 Å². The number of benzene rings is 1. The Morgan fingerprint density at radius 1 is 1.30 bits per heavy atom. The SMILES string of the molecule is CCOc1ccccc1C(=O)N1CC(C(=O)O)C2(CCCC2)C1. The zero-order valence-corrected chi connectivity index (χ0v) is 13.5. The highest BCUT2D eigenvalue weighted by atomic mass is 16.5. The van der Waals surface area contributed by atoms with Gasteiger partial charge in [0.2, 0.25) is 0 Å². The zero-order valence-electron chi connectivity index (χ0n) is 13.5. The highest BCUT2D eigenvalue weighted by molar-refractivity contribution is 5.97. The van der Waals surface area contributed by atoms with Crippen LogP contribution in [-0.4, -0.2) is 41.6 Å². The van der Waals surface area contributed by atoms with Gasteiger partial charge in [-0.3, -0.25) is 9.59 Å². The number of aliphatic carboxylic acids is 1. The van der Waals surface area contributed by atoms with E-state index in [9.17, 15) is 14.7 Å². The Hall–Kier alpha value is -2.04. The number of hydrogen-bond donors (Lipinski definition) is 1. The predicted octanol–water partition coefficient (Wildman–Crippen LogP) is 2.80. The normalized spacial score (nSPS) is 22.5. The smallest absolute Gasteiger partial charge is 0.308 e. The van der Waals surface area contributed by atoms with E-state index in [1.54, 1.807) is 17.0 Å². The van der Waals surface area contributed by atoms with Crippen molar-refractivity contribution in [2.24, 2.45) is 11.3 Å². The number of ether oxygens (including phenoxy) is 1. The van der Waals surface area contributed by atoms with Gasteiger partial charge in [0, 0.05) is 18.5 Å². The number of nitrogens with zero attached hydrogens (tertiary/aromatic N) is 1.